The molecule has 3 rings (SSSR count). The van der Waals surface area contributed by atoms with Gasteiger partial charge in [0.05, 0.1) is 13.2 Å². The van der Waals surface area contributed by atoms with E-state index in [0.717, 1.165) is 42.5 Å². The number of nitrogens with zero attached hydrogens (tertiary/aromatic N) is 3. The van der Waals surface area contributed by atoms with Gasteiger partial charge in [0.15, 0.2) is 0 Å². The average molecular weight is 293 g/mol. The molecule has 1 aliphatic heterocycles. The Balaban J connectivity index is 1.66. The Kier molecular flexibility index (Phi) is 3.89. The first-order valence-electron chi connectivity index (χ1n) is 6.75. The lowest BCUT2D eigenvalue weighted by atomic mass is 10.0. The number of halogens is 1. The van der Waals surface area contributed by atoms with Crippen LogP contribution in [0, 0.1) is 0 Å². The summed E-state index contributed by atoms with van der Waals surface area (Å²) in [6.07, 6.45) is 4.20. The van der Waals surface area contributed by atoms with E-state index < -0.39 is 0 Å². The SMILES string of the molecule is CC(NCCn1cncn1)c1cc(Cl)cc2c1OCC2. The molecule has 1 aromatic carbocycles. The molecule has 1 N–H and O–H groups in total. The zero-order valence-corrected chi connectivity index (χ0v) is 12.1. The van der Waals surface area contributed by atoms with Gasteiger partial charge in [-0.1, -0.05) is 11.6 Å². The molecule has 1 unspecified atom stereocenters. The third-order valence-corrected chi connectivity index (χ3v) is 3.72. The van der Waals surface area contributed by atoms with Gasteiger partial charge in [0.2, 0.25) is 0 Å². The lowest BCUT2D eigenvalue weighted by Crippen LogP contribution is -2.24. The Hall–Kier alpha value is -1.59. The summed E-state index contributed by atoms with van der Waals surface area (Å²) in [6, 6.07) is 4.16. The lowest BCUT2D eigenvalue weighted by molar-refractivity contribution is 0.349. The van der Waals surface area contributed by atoms with Gasteiger partial charge in [-0.3, -0.25) is 4.68 Å². The maximum Gasteiger partial charge on any atom is 0.137 e. The summed E-state index contributed by atoms with van der Waals surface area (Å²) in [6.45, 7) is 4.46. The highest BCUT2D eigenvalue weighted by Crippen LogP contribution is 2.36. The van der Waals surface area contributed by atoms with Crippen LogP contribution in [-0.4, -0.2) is 27.9 Å². The van der Waals surface area contributed by atoms with E-state index in [1.807, 2.05) is 12.1 Å². The first-order valence-corrected chi connectivity index (χ1v) is 7.13. The van der Waals surface area contributed by atoms with Crippen LogP contribution in [0.4, 0.5) is 0 Å². The van der Waals surface area contributed by atoms with Gasteiger partial charge < -0.3 is 10.1 Å². The molecular formula is C14H17ClN4O. The van der Waals surface area contributed by atoms with Crippen molar-refractivity contribution in [1.82, 2.24) is 20.1 Å². The molecule has 0 amide bonds. The molecule has 2 aromatic rings. The van der Waals surface area contributed by atoms with Crippen molar-refractivity contribution in [1.29, 1.82) is 0 Å². The van der Waals surface area contributed by atoms with Crippen molar-refractivity contribution in [2.24, 2.45) is 0 Å². The third-order valence-electron chi connectivity index (χ3n) is 3.50. The minimum atomic E-state index is 0.184. The number of benzene rings is 1. The van der Waals surface area contributed by atoms with E-state index >= 15 is 0 Å². The van der Waals surface area contributed by atoms with Gasteiger partial charge in [-0.15, -0.1) is 0 Å². The van der Waals surface area contributed by atoms with Gasteiger partial charge in [0.25, 0.3) is 0 Å². The molecule has 20 heavy (non-hydrogen) atoms. The minimum absolute atomic E-state index is 0.184. The molecule has 0 spiro atoms. The molecule has 0 saturated carbocycles. The number of rotatable bonds is 5. The Labute approximate surface area is 122 Å². The molecular weight excluding hydrogens is 276 g/mol. The molecule has 0 fully saturated rings. The van der Waals surface area contributed by atoms with Crippen LogP contribution in [0.15, 0.2) is 24.8 Å². The molecule has 6 heteroatoms. The monoisotopic (exact) mass is 292 g/mol. The number of hydrogen-bond donors (Lipinski definition) is 1. The molecule has 5 nitrogen and oxygen atoms in total. The quantitative estimate of drug-likeness (QED) is 0.918. The predicted octanol–water partition coefficient (Wildman–Crippen LogP) is 2.22. The summed E-state index contributed by atoms with van der Waals surface area (Å²) in [5.74, 6) is 0.996. The van der Waals surface area contributed by atoms with Crippen molar-refractivity contribution in [3.05, 3.63) is 40.9 Å². The van der Waals surface area contributed by atoms with Crippen molar-refractivity contribution >= 4 is 11.6 Å². The van der Waals surface area contributed by atoms with Gasteiger partial charge in [0.1, 0.15) is 18.4 Å². The summed E-state index contributed by atoms with van der Waals surface area (Å²) in [5, 5.41) is 8.32. The van der Waals surface area contributed by atoms with Crippen molar-refractivity contribution < 1.29 is 4.74 Å². The van der Waals surface area contributed by atoms with E-state index in [9.17, 15) is 0 Å². The topological polar surface area (TPSA) is 52.0 Å². The highest BCUT2D eigenvalue weighted by Gasteiger charge is 2.20. The number of ether oxygens (including phenoxy) is 1. The molecule has 0 saturated heterocycles. The smallest absolute Gasteiger partial charge is 0.137 e. The molecule has 2 heterocycles. The van der Waals surface area contributed by atoms with E-state index in [2.05, 4.69) is 22.3 Å². The molecule has 0 aliphatic carbocycles. The minimum Gasteiger partial charge on any atom is -0.493 e. The van der Waals surface area contributed by atoms with Crippen LogP contribution >= 0.6 is 11.6 Å². The summed E-state index contributed by atoms with van der Waals surface area (Å²) < 4.78 is 7.54. The van der Waals surface area contributed by atoms with E-state index in [4.69, 9.17) is 16.3 Å². The summed E-state index contributed by atoms with van der Waals surface area (Å²) >= 11 is 6.18. The summed E-state index contributed by atoms with van der Waals surface area (Å²) in [5.41, 5.74) is 2.33. The molecule has 1 aliphatic rings. The lowest BCUT2D eigenvalue weighted by Gasteiger charge is -2.17. The molecule has 106 valence electrons. The van der Waals surface area contributed by atoms with Crippen LogP contribution < -0.4 is 10.1 Å². The molecule has 1 aromatic heterocycles. The highest BCUT2D eigenvalue weighted by atomic mass is 35.5. The van der Waals surface area contributed by atoms with Crippen LogP contribution in [0.1, 0.15) is 24.1 Å². The zero-order chi connectivity index (χ0) is 13.9. The van der Waals surface area contributed by atoms with Crippen molar-refractivity contribution in [3.63, 3.8) is 0 Å². The van der Waals surface area contributed by atoms with Gasteiger partial charge in [-0.2, -0.15) is 5.10 Å². The Morgan fingerprint density at radius 3 is 3.20 bits per heavy atom. The second-order valence-electron chi connectivity index (χ2n) is 4.92. The Morgan fingerprint density at radius 2 is 2.40 bits per heavy atom. The van der Waals surface area contributed by atoms with Gasteiger partial charge in [-0.05, 0) is 24.6 Å². The van der Waals surface area contributed by atoms with E-state index in [1.165, 1.54) is 5.56 Å². The van der Waals surface area contributed by atoms with Gasteiger partial charge in [-0.25, -0.2) is 4.98 Å². The van der Waals surface area contributed by atoms with Gasteiger partial charge >= 0.3 is 0 Å². The van der Waals surface area contributed by atoms with Crippen LogP contribution in [0.25, 0.3) is 0 Å². The fraction of sp³-hybridized carbons (Fsp3) is 0.429. The standard InChI is InChI=1S/C14H17ClN4O/c1-10(17-3-4-19-9-16-8-18-19)13-7-12(15)6-11-2-5-20-14(11)13/h6-10,17H,2-5H2,1H3. The first-order chi connectivity index (χ1) is 9.74. The second kappa shape index (κ2) is 5.81. The van der Waals surface area contributed by atoms with Gasteiger partial charge in [0, 0.05) is 29.6 Å². The summed E-state index contributed by atoms with van der Waals surface area (Å²) in [7, 11) is 0. The largest absolute Gasteiger partial charge is 0.493 e. The number of hydrogen-bond acceptors (Lipinski definition) is 4. The predicted molar refractivity (Wildman–Crippen MR) is 77.1 cm³/mol. The van der Waals surface area contributed by atoms with E-state index in [0.29, 0.717) is 0 Å². The normalized spacial score (nSPS) is 14.9. The fourth-order valence-corrected chi connectivity index (χ4v) is 2.72. The molecule has 0 bridgehead atoms. The summed E-state index contributed by atoms with van der Waals surface area (Å²) in [4.78, 5) is 3.92. The number of nitrogens with one attached hydrogen (secondary N) is 1. The van der Waals surface area contributed by atoms with Crippen LogP contribution in [0.2, 0.25) is 5.02 Å². The van der Waals surface area contributed by atoms with Crippen LogP contribution in [0.3, 0.4) is 0 Å². The van der Waals surface area contributed by atoms with Crippen molar-refractivity contribution in [2.75, 3.05) is 13.2 Å². The van der Waals surface area contributed by atoms with Crippen molar-refractivity contribution in [3.8, 4) is 5.75 Å². The maximum atomic E-state index is 6.18. The third kappa shape index (κ3) is 2.78. The second-order valence-corrected chi connectivity index (χ2v) is 5.35. The highest BCUT2D eigenvalue weighted by molar-refractivity contribution is 6.30. The Bertz CT molecular complexity index is 585. The van der Waals surface area contributed by atoms with E-state index in [1.54, 1.807) is 17.3 Å². The average Bonchev–Trinajstić information content (AvgIpc) is 3.08. The van der Waals surface area contributed by atoms with Crippen molar-refractivity contribution in [2.45, 2.75) is 25.9 Å². The number of fused-ring (bicyclic) bond motifs is 1. The van der Waals surface area contributed by atoms with Crippen LogP contribution in [0.5, 0.6) is 5.75 Å². The fourth-order valence-electron chi connectivity index (χ4n) is 2.47. The maximum absolute atomic E-state index is 6.18. The number of aromatic nitrogens is 3. The zero-order valence-electron chi connectivity index (χ0n) is 11.3. The first kappa shape index (κ1) is 13.4. The Morgan fingerprint density at radius 1 is 1.50 bits per heavy atom. The molecule has 0 radical (unpaired) electrons. The van der Waals surface area contributed by atoms with Crippen LogP contribution in [-0.2, 0) is 13.0 Å². The molecule has 1 atom stereocenters. The van der Waals surface area contributed by atoms with E-state index in [-0.39, 0.29) is 6.04 Å².